The third-order valence-corrected chi connectivity index (χ3v) is 6.29. The molecular formula is C24H26F3N3O3. The van der Waals surface area contributed by atoms with Crippen LogP contribution in [0.5, 0.6) is 5.75 Å². The Kier molecular flexibility index (Phi) is 6.18. The zero-order valence-electron chi connectivity index (χ0n) is 18.4. The molecule has 4 rings (SSSR count). The van der Waals surface area contributed by atoms with Crippen LogP contribution in [0.4, 0.5) is 13.2 Å². The number of rotatable bonds is 4. The summed E-state index contributed by atoms with van der Waals surface area (Å²) in [5.41, 5.74) is -0.938. The molecule has 1 saturated carbocycles. The maximum atomic E-state index is 13.5. The van der Waals surface area contributed by atoms with Gasteiger partial charge in [0.1, 0.15) is 17.3 Å². The highest BCUT2D eigenvalue weighted by atomic mass is 19.4. The molecule has 0 saturated heterocycles. The molecule has 9 heteroatoms. The van der Waals surface area contributed by atoms with Gasteiger partial charge >= 0.3 is 6.18 Å². The number of hydrogen-bond donors (Lipinski definition) is 2. The van der Waals surface area contributed by atoms with E-state index in [9.17, 15) is 28.2 Å². The quantitative estimate of drug-likeness (QED) is 0.555. The summed E-state index contributed by atoms with van der Waals surface area (Å²) in [5.74, 6) is -0.139. The number of pyridine rings is 1. The van der Waals surface area contributed by atoms with Crippen molar-refractivity contribution in [3.8, 4) is 11.4 Å². The first kappa shape index (κ1) is 23.2. The Hall–Kier alpha value is -2.94. The summed E-state index contributed by atoms with van der Waals surface area (Å²) < 4.78 is 40.1. The highest BCUT2D eigenvalue weighted by molar-refractivity contribution is 5.84. The maximum absolute atomic E-state index is 13.5. The molecule has 0 bridgehead atoms. The van der Waals surface area contributed by atoms with Gasteiger partial charge in [-0.25, -0.2) is 9.97 Å². The second-order valence-electron chi connectivity index (χ2n) is 8.90. The van der Waals surface area contributed by atoms with Gasteiger partial charge in [-0.05, 0) is 43.0 Å². The van der Waals surface area contributed by atoms with Crippen LogP contribution in [0.15, 0.2) is 35.3 Å². The lowest BCUT2D eigenvalue weighted by Crippen LogP contribution is -2.26. The summed E-state index contributed by atoms with van der Waals surface area (Å²) in [6, 6.07) is 4.80. The molecule has 1 aromatic carbocycles. The topological polar surface area (TPSA) is 88.2 Å². The van der Waals surface area contributed by atoms with E-state index in [1.165, 1.54) is 22.8 Å². The highest BCUT2D eigenvalue weighted by Gasteiger charge is 2.33. The van der Waals surface area contributed by atoms with Crippen molar-refractivity contribution in [1.29, 1.82) is 0 Å². The zero-order chi connectivity index (χ0) is 23.9. The number of alkyl halides is 3. The molecule has 0 aliphatic heterocycles. The van der Waals surface area contributed by atoms with Crippen LogP contribution in [0.25, 0.3) is 16.6 Å². The number of aliphatic hydroxyl groups excluding tert-OH is 1. The highest BCUT2D eigenvalue weighted by Crippen LogP contribution is 2.40. The van der Waals surface area contributed by atoms with Crippen LogP contribution < -0.4 is 5.56 Å². The first-order valence-electron chi connectivity index (χ1n) is 11.1. The van der Waals surface area contributed by atoms with Crippen LogP contribution in [-0.2, 0) is 6.18 Å². The van der Waals surface area contributed by atoms with Crippen molar-refractivity contribution < 1.29 is 23.4 Å². The fraction of sp³-hybridized carbons (Fsp3) is 0.458. The Morgan fingerprint density at radius 1 is 1.09 bits per heavy atom. The summed E-state index contributed by atoms with van der Waals surface area (Å²) >= 11 is 0. The Balaban J connectivity index is 1.92. The molecule has 33 heavy (non-hydrogen) atoms. The number of benzene rings is 1. The number of hydrogen-bond acceptors (Lipinski definition) is 5. The summed E-state index contributed by atoms with van der Waals surface area (Å²) in [5, 5.41) is 21.9. The van der Waals surface area contributed by atoms with Crippen molar-refractivity contribution in [2.24, 2.45) is 5.92 Å². The molecule has 1 unspecified atom stereocenters. The number of aromatic nitrogens is 3. The summed E-state index contributed by atoms with van der Waals surface area (Å²) in [6.07, 6.45) is 0.175. The molecule has 1 aliphatic rings. The van der Waals surface area contributed by atoms with Gasteiger partial charge in [-0.2, -0.15) is 13.2 Å². The van der Waals surface area contributed by atoms with E-state index in [-0.39, 0.29) is 39.7 Å². The van der Waals surface area contributed by atoms with Gasteiger partial charge in [-0.3, -0.25) is 9.36 Å². The average Bonchev–Trinajstić information content (AvgIpc) is 2.78. The van der Waals surface area contributed by atoms with Crippen LogP contribution in [0, 0.1) is 5.92 Å². The van der Waals surface area contributed by atoms with Gasteiger partial charge in [0.05, 0.1) is 28.9 Å². The molecule has 2 aromatic heterocycles. The number of nitrogens with zero attached hydrogens (tertiary/aromatic N) is 3. The van der Waals surface area contributed by atoms with E-state index in [1.807, 2.05) is 13.8 Å². The fourth-order valence-electron chi connectivity index (χ4n) is 4.58. The molecule has 3 aromatic rings. The largest absolute Gasteiger partial charge is 0.507 e. The van der Waals surface area contributed by atoms with Crippen molar-refractivity contribution >= 4 is 10.9 Å². The fourth-order valence-corrected chi connectivity index (χ4v) is 4.58. The standard InChI is InChI=1S/C24H26F3N3O3/c1-13(2)22-29-20-16(9-10-17(31)19(20)21(32)14-6-4-3-5-7-14)23(33)30(22)15-8-11-18(28-12-15)24(25,26)27/h8-14,21,31-32H,3-7H2,1-2H3. The van der Waals surface area contributed by atoms with E-state index >= 15 is 0 Å². The SMILES string of the molecule is CC(C)c1nc2c(C(O)C3CCCCC3)c(O)ccc2c(=O)n1-c1ccc(C(F)(F)F)nc1. The van der Waals surface area contributed by atoms with E-state index in [4.69, 9.17) is 0 Å². The Labute approximate surface area is 188 Å². The van der Waals surface area contributed by atoms with Crippen molar-refractivity contribution in [3.63, 3.8) is 0 Å². The van der Waals surface area contributed by atoms with Gasteiger partial charge in [0, 0.05) is 11.5 Å². The molecule has 0 spiro atoms. The van der Waals surface area contributed by atoms with Crippen molar-refractivity contribution in [2.45, 2.75) is 64.1 Å². The summed E-state index contributed by atoms with van der Waals surface area (Å²) in [7, 11) is 0. The monoisotopic (exact) mass is 461 g/mol. The minimum Gasteiger partial charge on any atom is -0.507 e. The molecule has 1 fully saturated rings. The Morgan fingerprint density at radius 2 is 1.79 bits per heavy atom. The number of aromatic hydroxyl groups is 1. The molecule has 1 atom stereocenters. The molecule has 6 nitrogen and oxygen atoms in total. The van der Waals surface area contributed by atoms with Gasteiger partial charge in [0.2, 0.25) is 0 Å². The van der Waals surface area contributed by atoms with Gasteiger partial charge in [-0.1, -0.05) is 33.1 Å². The predicted molar refractivity (Wildman–Crippen MR) is 117 cm³/mol. The second kappa shape index (κ2) is 8.78. The van der Waals surface area contributed by atoms with Crippen LogP contribution in [0.1, 0.15) is 75.1 Å². The summed E-state index contributed by atoms with van der Waals surface area (Å²) in [4.78, 5) is 21.6. The van der Waals surface area contributed by atoms with E-state index in [2.05, 4.69) is 9.97 Å². The molecule has 2 N–H and O–H groups in total. The molecule has 1 aliphatic carbocycles. The number of phenolic OH excluding ortho intramolecular Hbond substituents is 1. The third kappa shape index (κ3) is 4.34. The number of phenols is 1. The van der Waals surface area contributed by atoms with Crippen molar-refractivity contribution in [3.05, 3.63) is 57.9 Å². The van der Waals surface area contributed by atoms with Crippen LogP contribution in [-0.4, -0.2) is 24.7 Å². The Morgan fingerprint density at radius 3 is 2.36 bits per heavy atom. The van der Waals surface area contributed by atoms with Gasteiger partial charge in [0.25, 0.3) is 5.56 Å². The van der Waals surface area contributed by atoms with Crippen LogP contribution in [0.2, 0.25) is 0 Å². The lowest BCUT2D eigenvalue weighted by molar-refractivity contribution is -0.141. The molecular weight excluding hydrogens is 435 g/mol. The second-order valence-corrected chi connectivity index (χ2v) is 8.90. The van der Waals surface area contributed by atoms with E-state index in [0.717, 1.165) is 44.4 Å². The number of halogens is 3. The number of aliphatic hydroxyl groups is 1. The predicted octanol–water partition coefficient (Wildman–Crippen LogP) is 5.24. The normalized spacial score (nSPS) is 16.5. The Bertz CT molecular complexity index is 1210. The first-order chi connectivity index (χ1) is 15.6. The van der Waals surface area contributed by atoms with Crippen molar-refractivity contribution in [2.75, 3.05) is 0 Å². The number of fused-ring (bicyclic) bond motifs is 1. The third-order valence-electron chi connectivity index (χ3n) is 6.29. The molecule has 0 amide bonds. The summed E-state index contributed by atoms with van der Waals surface area (Å²) in [6.45, 7) is 3.61. The van der Waals surface area contributed by atoms with Gasteiger partial charge in [-0.15, -0.1) is 0 Å². The molecule has 0 radical (unpaired) electrons. The molecule has 176 valence electrons. The van der Waals surface area contributed by atoms with E-state index < -0.39 is 23.5 Å². The zero-order valence-corrected chi connectivity index (χ0v) is 18.4. The lowest BCUT2D eigenvalue weighted by Gasteiger charge is -2.28. The van der Waals surface area contributed by atoms with E-state index in [0.29, 0.717) is 5.82 Å². The lowest BCUT2D eigenvalue weighted by atomic mass is 9.82. The minimum atomic E-state index is -4.59. The van der Waals surface area contributed by atoms with Gasteiger partial charge in [0.15, 0.2) is 0 Å². The van der Waals surface area contributed by atoms with Gasteiger partial charge < -0.3 is 10.2 Å². The average molecular weight is 461 g/mol. The van der Waals surface area contributed by atoms with Crippen LogP contribution in [0.3, 0.4) is 0 Å². The molecule has 2 heterocycles. The van der Waals surface area contributed by atoms with Crippen molar-refractivity contribution in [1.82, 2.24) is 14.5 Å². The van der Waals surface area contributed by atoms with E-state index in [1.54, 1.807) is 0 Å². The first-order valence-corrected chi connectivity index (χ1v) is 11.1. The smallest absolute Gasteiger partial charge is 0.433 e. The maximum Gasteiger partial charge on any atom is 0.433 e. The van der Waals surface area contributed by atoms with Crippen LogP contribution >= 0.6 is 0 Å². The minimum absolute atomic E-state index is 0.0407.